The Morgan fingerprint density at radius 3 is 2.72 bits per heavy atom. The quantitative estimate of drug-likeness (QED) is 0.765. The molecule has 1 aliphatic heterocycles. The van der Waals surface area contributed by atoms with Crippen LogP contribution in [-0.4, -0.2) is 29.3 Å². The molecule has 4 heteroatoms. The lowest BCUT2D eigenvalue weighted by molar-refractivity contribution is 0.0609. The molecule has 0 aliphatic carbocycles. The van der Waals surface area contributed by atoms with Crippen molar-refractivity contribution in [2.75, 3.05) is 12.4 Å². The van der Waals surface area contributed by atoms with Gasteiger partial charge in [0.05, 0.1) is 0 Å². The van der Waals surface area contributed by atoms with E-state index in [9.17, 15) is 4.79 Å². The monoisotopic (exact) mass is 329 g/mol. The molecule has 98 valence electrons. The van der Waals surface area contributed by atoms with Crippen molar-refractivity contribution in [3.05, 3.63) is 34.3 Å². The van der Waals surface area contributed by atoms with Gasteiger partial charge >= 0.3 is 0 Å². The predicted molar refractivity (Wildman–Crippen MR) is 78.2 cm³/mol. The van der Waals surface area contributed by atoms with Crippen molar-refractivity contribution >= 4 is 33.4 Å². The van der Waals surface area contributed by atoms with Crippen LogP contribution in [0.2, 0.25) is 0 Å². The van der Waals surface area contributed by atoms with Crippen molar-refractivity contribution in [3.8, 4) is 0 Å². The number of benzene rings is 1. The van der Waals surface area contributed by atoms with Gasteiger partial charge in [-0.25, -0.2) is 0 Å². The van der Waals surface area contributed by atoms with E-state index in [0.29, 0.717) is 11.9 Å². The number of alkyl halides is 1. The average molecular weight is 331 g/mol. The average Bonchev–Trinajstić information content (AvgIpc) is 2.40. The summed E-state index contributed by atoms with van der Waals surface area (Å²) in [6, 6.07) is 7.88. The molecule has 1 atom stereocenters. The highest BCUT2D eigenvalue weighted by Gasteiger charge is 2.26. The Morgan fingerprint density at radius 1 is 1.33 bits per heavy atom. The molecule has 1 heterocycles. The van der Waals surface area contributed by atoms with Crippen LogP contribution in [0, 0.1) is 0 Å². The number of hydrogen-bond donors (Lipinski definition) is 0. The van der Waals surface area contributed by atoms with Gasteiger partial charge in [0.25, 0.3) is 5.91 Å². The van der Waals surface area contributed by atoms with Gasteiger partial charge in [-0.3, -0.25) is 4.79 Å². The third-order valence-corrected chi connectivity index (χ3v) is 4.17. The molecule has 1 saturated heterocycles. The second-order valence-corrected chi connectivity index (χ2v) is 5.93. The Kier molecular flexibility index (Phi) is 5.07. The number of carbonyl (C=O) groups excluding carboxylic acids is 1. The summed E-state index contributed by atoms with van der Waals surface area (Å²) in [5.74, 6) is 0.756. The lowest BCUT2D eigenvalue weighted by Gasteiger charge is -2.35. The largest absolute Gasteiger partial charge is 0.336 e. The number of nitrogens with zero attached hydrogens (tertiary/aromatic N) is 1. The maximum absolute atomic E-state index is 12.5. The number of piperidine rings is 1. The van der Waals surface area contributed by atoms with Crippen molar-refractivity contribution < 1.29 is 4.79 Å². The third-order valence-electron chi connectivity index (χ3n) is 3.42. The molecule has 1 fully saturated rings. The van der Waals surface area contributed by atoms with E-state index in [0.717, 1.165) is 35.8 Å². The molecule has 1 unspecified atom stereocenters. The summed E-state index contributed by atoms with van der Waals surface area (Å²) >= 11 is 9.21. The van der Waals surface area contributed by atoms with Gasteiger partial charge in [0.15, 0.2) is 0 Å². The van der Waals surface area contributed by atoms with Gasteiger partial charge in [-0.05, 0) is 49.9 Å². The molecular formula is C14H17BrClNO. The Balaban J connectivity index is 2.12. The third kappa shape index (κ3) is 3.27. The minimum Gasteiger partial charge on any atom is -0.336 e. The zero-order valence-corrected chi connectivity index (χ0v) is 12.6. The second-order valence-electron chi connectivity index (χ2n) is 4.63. The Hall–Kier alpha value is -0.540. The molecular weight excluding hydrogens is 314 g/mol. The fourth-order valence-corrected chi connectivity index (χ4v) is 2.97. The van der Waals surface area contributed by atoms with Crippen LogP contribution in [-0.2, 0) is 0 Å². The molecule has 1 aliphatic rings. The summed E-state index contributed by atoms with van der Waals surface area (Å²) in [6.07, 6.45) is 4.27. The Bertz CT molecular complexity index is 405. The first-order valence-electron chi connectivity index (χ1n) is 6.35. The lowest BCUT2D eigenvalue weighted by atomic mass is 9.99. The van der Waals surface area contributed by atoms with Crippen LogP contribution in [0.15, 0.2) is 28.7 Å². The Labute approximate surface area is 121 Å². The van der Waals surface area contributed by atoms with Crippen molar-refractivity contribution in [1.82, 2.24) is 4.90 Å². The lowest BCUT2D eigenvalue weighted by Crippen LogP contribution is -2.43. The van der Waals surface area contributed by atoms with E-state index in [-0.39, 0.29) is 5.91 Å². The van der Waals surface area contributed by atoms with Gasteiger partial charge in [-0.2, -0.15) is 0 Å². The van der Waals surface area contributed by atoms with Crippen molar-refractivity contribution in [2.45, 2.75) is 31.7 Å². The molecule has 1 amide bonds. The van der Waals surface area contributed by atoms with E-state index in [1.165, 1.54) is 6.42 Å². The van der Waals surface area contributed by atoms with E-state index in [1.54, 1.807) is 0 Å². The Morgan fingerprint density at radius 2 is 2.06 bits per heavy atom. The van der Waals surface area contributed by atoms with Crippen LogP contribution in [0.4, 0.5) is 0 Å². The van der Waals surface area contributed by atoms with Gasteiger partial charge in [0.2, 0.25) is 0 Å². The van der Waals surface area contributed by atoms with Gasteiger partial charge in [0, 0.05) is 28.5 Å². The maximum Gasteiger partial charge on any atom is 0.254 e. The van der Waals surface area contributed by atoms with E-state index in [1.807, 2.05) is 29.2 Å². The van der Waals surface area contributed by atoms with Gasteiger partial charge in [-0.1, -0.05) is 15.9 Å². The van der Waals surface area contributed by atoms with Crippen molar-refractivity contribution in [1.29, 1.82) is 0 Å². The summed E-state index contributed by atoms with van der Waals surface area (Å²) in [7, 11) is 0. The molecule has 0 N–H and O–H groups in total. The molecule has 2 nitrogen and oxygen atoms in total. The van der Waals surface area contributed by atoms with E-state index < -0.39 is 0 Å². The first-order chi connectivity index (χ1) is 8.72. The van der Waals surface area contributed by atoms with Gasteiger partial charge in [-0.15, -0.1) is 11.6 Å². The standard InChI is InChI=1S/C14H17BrClNO/c15-12-6-4-11(5-7-12)14(18)17-10-2-1-3-13(17)8-9-16/h4-7,13H,1-3,8-10H2. The normalized spacial score (nSPS) is 19.9. The summed E-state index contributed by atoms with van der Waals surface area (Å²) < 4.78 is 0.995. The summed E-state index contributed by atoms with van der Waals surface area (Å²) in [4.78, 5) is 14.5. The number of likely N-dealkylation sites (tertiary alicyclic amines) is 1. The van der Waals surface area contributed by atoms with Crippen LogP contribution in [0.25, 0.3) is 0 Å². The van der Waals surface area contributed by atoms with E-state index in [2.05, 4.69) is 15.9 Å². The topological polar surface area (TPSA) is 20.3 Å². The highest BCUT2D eigenvalue weighted by Crippen LogP contribution is 2.23. The highest BCUT2D eigenvalue weighted by atomic mass is 79.9. The molecule has 2 rings (SSSR count). The summed E-state index contributed by atoms with van der Waals surface area (Å²) in [6.45, 7) is 0.858. The minimum atomic E-state index is 0.136. The molecule has 0 aromatic heterocycles. The second kappa shape index (κ2) is 6.58. The summed E-state index contributed by atoms with van der Waals surface area (Å²) in [5.41, 5.74) is 0.764. The zero-order chi connectivity index (χ0) is 13.0. The van der Waals surface area contributed by atoms with E-state index >= 15 is 0 Å². The molecule has 0 saturated carbocycles. The molecule has 1 aromatic rings. The van der Waals surface area contributed by atoms with Gasteiger partial charge in [0.1, 0.15) is 0 Å². The maximum atomic E-state index is 12.5. The fourth-order valence-electron chi connectivity index (χ4n) is 2.45. The van der Waals surface area contributed by atoms with E-state index in [4.69, 9.17) is 11.6 Å². The summed E-state index contributed by atoms with van der Waals surface area (Å²) in [5, 5.41) is 0. The highest BCUT2D eigenvalue weighted by molar-refractivity contribution is 9.10. The zero-order valence-electron chi connectivity index (χ0n) is 10.2. The fraction of sp³-hybridized carbons (Fsp3) is 0.500. The van der Waals surface area contributed by atoms with Crippen LogP contribution >= 0.6 is 27.5 Å². The number of amides is 1. The number of rotatable bonds is 3. The molecule has 0 radical (unpaired) electrons. The minimum absolute atomic E-state index is 0.136. The number of carbonyl (C=O) groups is 1. The molecule has 0 spiro atoms. The molecule has 0 bridgehead atoms. The van der Waals surface area contributed by atoms with Crippen LogP contribution in [0.3, 0.4) is 0 Å². The predicted octanol–water partition coefficient (Wildman–Crippen LogP) is 4.07. The van der Waals surface area contributed by atoms with Crippen LogP contribution in [0.1, 0.15) is 36.0 Å². The number of halogens is 2. The van der Waals surface area contributed by atoms with Crippen molar-refractivity contribution in [3.63, 3.8) is 0 Å². The van der Waals surface area contributed by atoms with Crippen LogP contribution in [0.5, 0.6) is 0 Å². The first-order valence-corrected chi connectivity index (χ1v) is 7.67. The molecule has 1 aromatic carbocycles. The number of hydrogen-bond acceptors (Lipinski definition) is 1. The SMILES string of the molecule is O=C(c1ccc(Br)cc1)N1CCCCC1CCCl. The van der Waals surface area contributed by atoms with Crippen LogP contribution < -0.4 is 0 Å². The van der Waals surface area contributed by atoms with Gasteiger partial charge < -0.3 is 4.90 Å². The smallest absolute Gasteiger partial charge is 0.254 e. The van der Waals surface area contributed by atoms with Crippen molar-refractivity contribution in [2.24, 2.45) is 0 Å². The first kappa shape index (κ1) is 13.9. The molecule has 18 heavy (non-hydrogen) atoms.